The summed E-state index contributed by atoms with van der Waals surface area (Å²) in [6.45, 7) is 3.64. The van der Waals surface area contributed by atoms with E-state index in [0.717, 1.165) is 5.56 Å². The first-order valence-corrected chi connectivity index (χ1v) is 6.52. The molecule has 0 radical (unpaired) electrons. The zero-order valence-corrected chi connectivity index (χ0v) is 11.3. The SMILES string of the molecule is CCOc1cccc(CN[C@H]2CC(=O)N(C)C2)c1O. The van der Waals surface area contributed by atoms with E-state index in [1.54, 1.807) is 18.0 Å². The number of para-hydroxylation sites is 1. The molecule has 1 aromatic carbocycles. The normalized spacial score (nSPS) is 18.9. The molecular weight excluding hydrogens is 244 g/mol. The molecule has 0 aromatic heterocycles. The highest BCUT2D eigenvalue weighted by Crippen LogP contribution is 2.29. The summed E-state index contributed by atoms with van der Waals surface area (Å²) in [6.07, 6.45) is 0.516. The van der Waals surface area contributed by atoms with Crippen molar-refractivity contribution >= 4 is 5.91 Å². The molecule has 1 atom stereocenters. The van der Waals surface area contributed by atoms with Gasteiger partial charge in [-0.2, -0.15) is 0 Å². The molecule has 1 fully saturated rings. The zero-order chi connectivity index (χ0) is 13.8. The molecule has 5 nitrogen and oxygen atoms in total. The molecule has 1 aromatic rings. The molecule has 19 heavy (non-hydrogen) atoms. The van der Waals surface area contributed by atoms with E-state index in [1.807, 2.05) is 19.1 Å². The number of benzene rings is 1. The van der Waals surface area contributed by atoms with Crippen molar-refractivity contribution in [2.75, 3.05) is 20.2 Å². The van der Waals surface area contributed by atoms with Crippen molar-refractivity contribution in [3.05, 3.63) is 23.8 Å². The van der Waals surface area contributed by atoms with Crippen molar-refractivity contribution < 1.29 is 14.6 Å². The predicted octanol–water partition coefficient (Wildman–Crippen LogP) is 1.11. The van der Waals surface area contributed by atoms with Crippen molar-refractivity contribution in [3.8, 4) is 11.5 Å². The van der Waals surface area contributed by atoms with Gasteiger partial charge in [-0.05, 0) is 13.0 Å². The van der Waals surface area contributed by atoms with Crippen LogP contribution in [0.15, 0.2) is 18.2 Å². The Morgan fingerprint density at radius 2 is 2.32 bits per heavy atom. The van der Waals surface area contributed by atoms with Gasteiger partial charge >= 0.3 is 0 Å². The number of rotatable bonds is 5. The van der Waals surface area contributed by atoms with E-state index >= 15 is 0 Å². The number of nitrogens with zero attached hydrogens (tertiary/aromatic N) is 1. The molecule has 2 rings (SSSR count). The Morgan fingerprint density at radius 3 is 2.95 bits per heavy atom. The minimum absolute atomic E-state index is 0.146. The van der Waals surface area contributed by atoms with Gasteiger partial charge in [-0.1, -0.05) is 12.1 Å². The van der Waals surface area contributed by atoms with Gasteiger partial charge in [-0.3, -0.25) is 4.79 Å². The number of nitrogens with one attached hydrogen (secondary N) is 1. The molecule has 0 aliphatic carbocycles. The number of hydrogen-bond acceptors (Lipinski definition) is 4. The fourth-order valence-electron chi connectivity index (χ4n) is 2.24. The van der Waals surface area contributed by atoms with Crippen LogP contribution in [-0.2, 0) is 11.3 Å². The number of phenols is 1. The third-order valence-electron chi connectivity index (χ3n) is 3.30. The molecule has 1 aliphatic heterocycles. The summed E-state index contributed by atoms with van der Waals surface area (Å²) in [4.78, 5) is 13.1. The number of likely N-dealkylation sites (N-methyl/N-ethyl adjacent to an activating group) is 1. The number of aromatic hydroxyl groups is 1. The lowest BCUT2D eigenvalue weighted by atomic mass is 10.1. The number of carbonyl (C=O) groups excluding carboxylic acids is 1. The highest BCUT2D eigenvalue weighted by atomic mass is 16.5. The lowest BCUT2D eigenvalue weighted by Gasteiger charge is -2.14. The van der Waals surface area contributed by atoms with Crippen LogP contribution in [0.4, 0.5) is 0 Å². The molecule has 1 heterocycles. The van der Waals surface area contributed by atoms with E-state index in [0.29, 0.717) is 31.9 Å². The first-order chi connectivity index (χ1) is 9.11. The molecule has 1 amide bonds. The lowest BCUT2D eigenvalue weighted by molar-refractivity contribution is -0.126. The van der Waals surface area contributed by atoms with Gasteiger partial charge in [0.05, 0.1) is 6.61 Å². The van der Waals surface area contributed by atoms with E-state index < -0.39 is 0 Å². The summed E-state index contributed by atoms with van der Waals surface area (Å²) in [6, 6.07) is 5.60. The van der Waals surface area contributed by atoms with Crippen molar-refractivity contribution in [2.45, 2.75) is 25.9 Å². The highest BCUT2D eigenvalue weighted by molar-refractivity contribution is 5.78. The van der Waals surface area contributed by atoms with Gasteiger partial charge in [-0.15, -0.1) is 0 Å². The summed E-state index contributed by atoms with van der Waals surface area (Å²) in [7, 11) is 1.80. The molecule has 1 aliphatic rings. The summed E-state index contributed by atoms with van der Waals surface area (Å²) in [5, 5.41) is 13.3. The first kappa shape index (κ1) is 13.7. The molecule has 5 heteroatoms. The van der Waals surface area contributed by atoms with E-state index in [9.17, 15) is 9.90 Å². The first-order valence-electron chi connectivity index (χ1n) is 6.52. The second-order valence-corrected chi connectivity index (χ2v) is 4.75. The maximum Gasteiger partial charge on any atom is 0.224 e. The number of hydrogen-bond donors (Lipinski definition) is 2. The van der Waals surface area contributed by atoms with Gasteiger partial charge in [0.2, 0.25) is 5.91 Å². The molecule has 0 spiro atoms. The quantitative estimate of drug-likeness (QED) is 0.836. The van der Waals surface area contributed by atoms with Gasteiger partial charge in [0.25, 0.3) is 0 Å². The second kappa shape index (κ2) is 5.93. The van der Waals surface area contributed by atoms with Gasteiger partial charge in [0.1, 0.15) is 0 Å². The fraction of sp³-hybridized carbons (Fsp3) is 0.500. The van der Waals surface area contributed by atoms with Crippen molar-refractivity contribution in [1.82, 2.24) is 10.2 Å². The van der Waals surface area contributed by atoms with Crippen LogP contribution in [0.25, 0.3) is 0 Å². The van der Waals surface area contributed by atoms with Crippen LogP contribution in [0, 0.1) is 0 Å². The Labute approximate surface area is 113 Å². The summed E-state index contributed by atoms with van der Waals surface area (Å²) in [5.41, 5.74) is 0.785. The molecule has 0 unspecified atom stereocenters. The third kappa shape index (κ3) is 3.17. The third-order valence-corrected chi connectivity index (χ3v) is 3.30. The smallest absolute Gasteiger partial charge is 0.224 e. The maximum atomic E-state index is 11.4. The van der Waals surface area contributed by atoms with Gasteiger partial charge < -0.3 is 20.1 Å². The van der Waals surface area contributed by atoms with Crippen LogP contribution >= 0.6 is 0 Å². The maximum absolute atomic E-state index is 11.4. The average molecular weight is 264 g/mol. The van der Waals surface area contributed by atoms with Crippen molar-refractivity contribution in [2.24, 2.45) is 0 Å². The minimum atomic E-state index is 0.146. The molecule has 104 valence electrons. The number of ether oxygens (including phenoxy) is 1. The topological polar surface area (TPSA) is 61.8 Å². The summed E-state index contributed by atoms with van der Waals surface area (Å²) >= 11 is 0. The van der Waals surface area contributed by atoms with E-state index in [2.05, 4.69) is 5.32 Å². The molecule has 1 saturated heterocycles. The molecule has 2 N–H and O–H groups in total. The largest absolute Gasteiger partial charge is 0.504 e. The monoisotopic (exact) mass is 264 g/mol. The molecule has 0 saturated carbocycles. The minimum Gasteiger partial charge on any atom is -0.504 e. The molecule has 0 bridgehead atoms. The fourth-order valence-corrected chi connectivity index (χ4v) is 2.24. The number of carbonyl (C=O) groups is 1. The van der Waals surface area contributed by atoms with Gasteiger partial charge in [-0.25, -0.2) is 0 Å². The number of likely N-dealkylation sites (tertiary alicyclic amines) is 1. The lowest BCUT2D eigenvalue weighted by Crippen LogP contribution is -2.31. The van der Waals surface area contributed by atoms with Crippen LogP contribution in [0.1, 0.15) is 18.9 Å². The van der Waals surface area contributed by atoms with E-state index in [1.165, 1.54) is 0 Å². The average Bonchev–Trinajstić information content (AvgIpc) is 2.70. The van der Waals surface area contributed by atoms with Gasteiger partial charge in [0, 0.05) is 38.2 Å². The Morgan fingerprint density at radius 1 is 1.53 bits per heavy atom. The van der Waals surface area contributed by atoms with Crippen LogP contribution in [0.5, 0.6) is 11.5 Å². The Balaban J connectivity index is 1.96. The highest BCUT2D eigenvalue weighted by Gasteiger charge is 2.26. The standard InChI is InChI=1S/C14H20N2O3/c1-3-19-12-6-4-5-10(14(12)18)8-15-11-7-13(17)16(2)9-11/h4-6,11,15,18H,3,7-9H2,1-2H3/t11-/m0/s1. The van der Waals surface area contributed by atoms with Crippen molar-refractivity contribution in [3.63, 3.8) is 0 Å². The van der Waals surface area contributed by atoms with E-state index in [4.69, 9.17) is 4.74 Å². The van der Waals surface area contributed by atoms with Crippen molar-refractivity contribution in [1.29, 1.82) is 0 Å². The summed E-state index contributed by atoms with van der Waals surface area (Å²) < 4.78 is 5.34. The van der Waals surface area contributed by atoms with E-state index in [-0.39, 0.29) is 17.7 Å². The van der Waals surface area contributed by atoms with Crippen LogP contribution in [-0.4, -0.2) is 42.2 Å². The molecular formula is C14H20N2O3. The number of phenolic OH excluding ortho intramolecular Hbond substituents is 1. The van der Waals surface area contributed by atoms with Gasteiger partial charge in [0.15, 0.2) is 11.5 Å². The number of amides is 1. The van der Waals surface area contributed by atoms with Crippen LogP contribution in [0.3, 0.4) is 0 Å². The Hall–Kier alpha value is -1.75. The second-order valence-electron chi connectivity index (χ2n) is 4.75. The van der Waals surface area contributed by atoms with Crippen LogP contribution < -0.4 is 10.1 Å². The Bertz CT molecular complexity index is 462. The van der Waals surface area contributed by atoms with Crippen LogP contribution in [0.2, 0.25) is 0 Å². The zero-order valence-electron chi connectivity index (χ0n) is 11.3. The predicted molar refractivity (Wildman–Crippen MR) is 72.2 cm³/mol. The summed E-state index contributed by atoms with van der Waals surface area (Å²) in [5.74, 6) is 0.834. The Kier molecular flexibility index (Phi) is 4.27.